The van der Waals surface area contributed by atoms with E-state index in [2.05, 4.69) is 9.88 Å². The molecular formula is C12H15N3O2. The molecule has 0 spiro atoms. The molecule has 2 atom stereocenters. The van der Waals surface area contributed by atoms with Crippen molar-refractivity contribution in [2.45, 2.75) is 25.3 Å². The van der Waals surface area contributed by atoms with Gasteiger partial charge in [0.15, 0.2) is 0 Å². The Morgan fingerprint density at radius 1 is 1.53 bits per heavy atom. The van der Waals surface area contributed by atoms with Crippen molar-refractivity contribution in [1.29, 1.82) is 0 Å². The van der Waals surface area contributed by atoms with Crippen LogP contribution in [0, 0.1) is 5.92 Å². The van der Waals surface area contributed by atoms with Gasteiger partial charge in [0.25, 0.3) is 0 Å². The minimum absolute atomic E-state index is 0.151. The highest BCUT2D eigenvalue weighted by Gasteiger charge is 2.38. The third-order valence-electron chi connectivity index (χ3n) is 3.85. The molecule has 3 N–H and O–H groups in total. The Hall–Kier alpha value is -1.78. The molecule has 5 heteroatoms. The Bertz CT molecular complexity index is 475. The largest absolute Gasteiger partial charge is 0.478 e. The minimum atomic E-state index is -0.990. The van der Waals surface area contributed by atoms with E-state index in [9.17, 15) is 4.79 Å². The molecule has 2 heterocycles. The summed E-state index contributed by atoms with van der Waals surface area (Å²) < 4.78 is 0. The Balaban J connectivity index is 1.93. The molecule has 2 aliphatic rings. The number of carboxylic acids is 1. The maximum atomic E-state index is 11.0. The van der Waals surface area contributed by atoms with E-state index in [1.54, 1.807) is 6.07 Å². The molecule has 0 amide bonds. The van der Waals surface area contributed by atoms with E-state index in [0.29, 0.717) is 6.04 Å². The van der Waals surface area contributed by atoms with E-state index >= 15 is 0 Å². The predicted molar refractivity (Wildman–Crippen MR) is 64.1 cm³/mol. The van der Waals surface area contributed by atoms with Crippen molar-refractivity contribution < 1.29 is 9.90 Å². The van der Waals surface area contributed by atoms with Crippen LogP contribution < -0.4 is 10.6 Å². The third kappa shape index (κ3) is 1.62. The number of carbonyl (C=O) groups is 1. The van der Waals surface area contributed by atoms with Crippen LogP contribution in [0.5, 0.6) is 0 Å². The molecule has 5 nitrogen and oxygen atoms in total. The summed E-state index contributed by atoms with van der Waals surface area (Å²) in [6.45, 7) is 1.00. The average Bonchev–Trinajstić information content (AvgIpc) is 2.91. The number of nitrogens with zero attached hydrogens (tertiary/aromatic N) is 2. The first kappa shape index (κ1) is 10.4. The van der Waals surface area contributed by atoms with Gasteiger partial charge in [-0.05, 0) is 31.2 Å². The Labute approximate surface area is 99.2 Å². The number of carboxylic acid groups (broad SMARTS) is 1. The molecular weight excluding hydrogens is 218 g/mol. The Kier molecular flexibility index (Phi) is 2.21. The van der Waals surface area contributed by atoms with Crippen molar-refractivity contribution in [1.82, 2.24) is 4.98 Å². The first-order valence-corrected chi connectivity index (χ1v) is 5.90. The molecule has 0 aromatic carbocycles. The summed E-state index contributed by atoms with van der Waals surface area (Å²) in [6, 6.07) is 2.14. The smallest absolute Gasteiger partial charge is 0.337 e. The van der Waals surface area contributed by atoms with Crippen LogP contribution in [0.25, 0.3) is 0 Å². The van der Waals surface area contributed by atoms with Gasteiger partial charge < -0.3 is 15.7 Å². The van der Waals surface area contributed by atoms with Gasteiger partial charge in [-0.3, -0.25) is 0 Å². The first-order chi connectivity index (χ1) is 8.15. The lowest BCUT2D eigenvalue weighted by Crippen LogP contribution is -2.32. The quantitative estimate of drug-likeness (QED) is 0.806. The zero-order chi connectivity index (χ0) is 12.0. The second-order valence-electron chi connectivity index (χ2n) is 4.92. The molecule has 2 fully saturated rings. The lowest BCUT2D eigenvalue weighted by atomic mass is 10.1. The number of nitrogen functional groups attached to an aromatic ring is 1. The second kappa shape index (κ2) is 3.61. The molecule has 1 aromatic heterocycles. The third-order valence-corrected chi connectivity index (χ3v) is 3.85. The van der Waals surface area contributed by atoms with Crippen LogP contribution in [0.1, 0.15) is 29.6 Å². The second-order valence-corrected chi connectivity index (χ2v) is 4.92. The summed E-state index contributed by atoms with van der Waals surface area (Å²) >= 11 is 0. The summed E-state index contributed by atoms with van der Waals surface area (Å²) in [6.07, 6.45) is 5.15. The SMILES string of the molecule is Nc1cnc(N2CC3CCC2C3)cc1C(=O)O. The maximum Gasteiger partial charge on any atom is 0.337 e. The number of pyridine rings is 1. The molecule has 0 radical (unpaired) electrons. The van der Waals surface area contributed by atoms with Crippen molar-refractivity contribution in [2.24, 2.45) is 5.92 Å². The molecule has 17 heavy (non-hydrogen) atoms. The van der Waals surface area contributed by atoms with Crippen LogP contribution in [0.3, 0.4) is 0 Å². The summed E-state index contributed by atoms with van der Waals surface area (Å²) in [4.78, 5) is 17.5. The van der Waals surface area contributed by atoms with E-state index in [1.807, 2.05) is 0 Å². The molecule has 1 aromatic rings. The molecule has 1 aliphatic carbocycles. The topological polar surface area (TPSA) is 79.5 Å². The Morgan fingerprint density at radius 2 is 2.35 bits per heavy atom. The summed E-state index contributed by atoms with van der Waals surface area (Å²) in [5.74, 6) is 0.520. The summed E-state index contributed by atoms with van der Waals surface area (Å²) in [5, 5.41) is 9.04. The summed E-state index contributed by atoms with van der Waals surface area (Å²) in [5.41, 5.74) is 5.98. The molecule has 1 saturated heterocycles. The zero-order valence-electron chi connectivity index (χ0n) is 9.47. The number of rotatable bonds is 2. The summed E-state index contributed by atoms with van der Waals surface area (Å²) in [7, 11) is 0. The number of aromatic nitrogens is 1. The fourth-order valence-electron chi connectivity index (χ4n) is 3.00. The molecule has 2 bridgehead atoms. The van der Waals surface area contributed by atoms with Crippen molar-refractivity contribution in [2.75, 3.05) is 17.2 Å². The van der Waals surface area contributed by atoms with E-state index in [1.165, 1.54) is 25.5 Å². The number of anilines is 2. The van der Waals surface area contributed by atoms with Gasteiger partial charge in [0, 0.05) is 12.6 Å². The number of aromatic carboxylic acids is 1. The number of hydrogen-bond donors (Lipinski definition) is 2. The highest BCUT2D eigenvalue weighted by molar-refractivity contribution is 5.94. The van der Waals surface area contributed by atoms with Crippen LogP contribution in [0.4, 0.5) is 11.5 Å². The van der Waals surface area contributed by atoms with Gasteiger partial charge >= 0.3 is 5.97 Å². The highest BCUT2D eigenvalue weighted by Crippen LogP contribution is 2.39. The van der Waals surface area contributed by atoms with E-state index in [-0.39, 0.29) is 11.3 Å². The van der Waals surface area contributed by atoms with Gasteiger partial charge in [-0.2, -0.15) is 0 Å². The number of nitrogens with two attached hydrogens (primary N) is 1. The zero-order valence-corrected chi connectivity index (χ0v) is 9.47. The molecule has 1 aliphatic heterocycles. The first-order valence-electron chi connectivity index (χ1n) is 5.90. The number of fused-ring (bicyclic) bond motifs is 2. The minimum Gasteiger partial charge on any atom is -0.478 e. The fraction of sp³-hybridized carbons (Fsp3) is 0.500. The van der Waals surface area contributed by atoms with Crippen LogP contribution in [-0.2, 0) is 0 Å². The fourth-order valence-corrected chi connectivity index (χ4v) is 3.00. The van der Waals surface area contributed by atoms with Crippen LogP contribution in [-0.4, -0.2) is 28.6 Å². The van der Waals surface area contributed by atoms with Crippen LogP contribution in [0.15, 0.2) is 12.3 Å². The van der Waals surface area contributed by atoms with Crippen LogP contribution >= 0.6 is 0 Å². The van der Waals surface area contributed by atoms with E-state index in [4.69, 9.17) is 10.8 Å². The molecule has 90 valence electrons. The van der Waals surface area contributed by atoms with Gasteiger partial charge in [-0.25, -0.2) is 9.78 Å². The number of piperidine rings is 1. The Morgan fingerprint density at radius 3 is 2.94 bits per heavy atom. The predicted octanol–water partition coefficient (Wildman–Crippen LogP) is 1.35. The standard InChI is InChI=1S/C12H15N3O2/c13-10-5-14-11(4-9(10)12(16)17)15-6-7-1-2-8(15)3-7/h4-5,7-8H,1-3,6,13H2,(H,16,17). The van der Waals surface area contributed by atoms with Gasteiger partial charge in [-0.1, -0.05) is 0 Å². The van der Waals surface area contributed by atoms with Crippen molar-refractivity contribution >= 4 is 17.5 Å². The highest BCUT2D eigenvalue weighted by atomic mass is 16.4. The lowest BCUT2D eigenvalue weighted by Gasteiger charge is -2.28. The van der Waals surface area contributed by atoms with Gasteiger partial charge in [0.1, 0.15) is 5.82 Å². The molecule has 2 unspecified atom stereocenters. The van der Waals surface area contributed by atoms with E-state index < -0.39 is 5.97 Å². The van der Waals surface area contributed by atoms with Gasteiger partial charge in [0.2, 0.25) is 0 Å². The van der Waals surface area contributed by atoms with Crippen molar-refractivity contribution in [3.8, 4) is 0 Å². The van der Waals surface area contributed by atoms with E-state index in [0.717, 1.165) is 18.3 Å². The van der Waals surface area contributed by atoms with Crippen molar-refractivity contribution in [3.63, 3.8) is 0 Å². The van der Waals surface area contributed by atoms with Crippen LogP contribution in [0.2, 0.25) is 0 Å². The molecule has 3 rings (SSSR count). The van der Waals surface area contributed by atoms with Gasteiger partial charge in [0.05, 0.1) is 17.4 Å². The van der Waals surface area contributed by atoms with Crippen molar-refractivity contribution in [3.05, 3.63) is 17.8 Å². The monoisotopic (exact) mass is 233 g/mol. The number of hydrogen-bond acceptors (Lipinski definition) is 4. The maximum absolute atomic E-state index is 11.0. The van der Waals surface area contributed by atoms with Gasteiger partial charge in [-0.15, -0.1) is 0 Å². The normalized spacial score (nSPS) is 26.5. The average molecular weight is 233 g/mol. The lowest BCUT2D eigenvalue weighted by molar-refractivity contribution is 0.0698. The molecule has 1 saturated carbocycles.